The van der Waals surface area contributed by atoms with Gasteiger partial charge in [0.25, 0.3) is 0 Å². The van der Waals surface area contributed by atoms with Crippen molar-refractivity contribution in [2.45, 2.75) is 12.2 Å². The van der Waals surface area contributed by atoms with Crippen LogP contribution >= 0.6 is 0 Å². The molecule has 16 heavy (non-hydrogen) atoms. The quantitative estimate of drug-likeness (QED) is 0.616. The molecule has 0 bridgehead atoms. The van der Waals surface area contributed by atoms with Gasteiger partial charge in [0, 0.05) is 25.0 Å². The van der Waals surface area contributed by atoms with E-state index in [0.717, 1.165) is 0 Å². The lowest BCUT2D eigenvalue weighted by atomic mass is 10.3. The fourth-order valence-electron chi connectivity index (χ4n) is 1.71. The van der Waals surface area contributed by atoms with E-state index in [1.165, 1.54) is 12.3 Å². The maximum atomic E-state index is 10.7. The first kappa shape index (κ1) is 10.8. The fourth-order valence-corrected chi connectivity index (χ4v) is 1.71. The van der Waals surface area contributed by atoms with E-state index < -0.39 is 18.2 Å². The molecule has 6 heteroatoms. The zero-order chi connectivity index (χ0) is 11.7. The molecule has 1 aromatic rings. The van der Waals surface area contributed by atoms with Gasteiger partial charge in [-0.15, -0.1) is 0 Å². The Morgan fingerprint density at radius 2 is 2.00 bits per heavy atom. The van der Waals surface area contributed by atoms with Gasteiger partial charge in [-0.2, -0.15) is 0 Å². The van der Waals surface area contributed by atoms with E-state index in [2.05, 4.69) is 4.98 Å². The number of hydrogen-bond donors (Lipinski definition) is 3. The maximum Gasteiger partial charge on any atom is 0.354 e. The molecular weight excluding hydrogens is 212 g/mol. The van der Waals surface area contributed by atoms with Gasteiger partial charge in [0.2, 0.25) is 0 Å². The summed E-state index contributed by atoms with van der Waals surface area (Å²) in [6, 6.07) is 3.07. The minimum absolute atomic E-state index is 0.0478. The van der Waals surface area contributed by atoms with Crippen molar-refractivity contribution in [3.8, 4) is 0 Å². The van der Waals surface area contributed by atoms with Gasteiger partial charge in [-0.1, -0.05) is 0 Å². The highest BCUT2D eigenvalue weighted by atomic mass is 16.4. The molecule has 0 saturated carbocycles. The number of hydrogen-bond acceptors (Lipinski definition) is 5. The molecule has 0 aromatic carbocycles. The van der Waals surface area contributed by atoms with Crippen molar-refractivity contribution in [2.24, 2.45) is 0 Å². The first-order valence-electron chi connectivity index (χ1n) is 4.88. The monoisotopic (exact) mass is 224 g/mol. The van der Waals surface area contributed by atoms with Crippen molar-refractivity contribution < 1.29 is 20.1 Å². The van der Waals surface area contributed by atoms with E-state index in [9.17, 15) is 15.0 Å². The third-order valence-electron chi connectivity index (χ3n) is 2.59. The highest BCUT2D eigenvalue weighted by Crippen LogP contribution is 2.20. The van der Waals surface area contributed by atoms with Gasteiger partial charge in [0.1, 0.15) is 5.69 Å². The van der Waals surface area contributed by atoms with E-state index in [-0.39, 0.29) is 5.69 Å². The fraction of sp³-hybridized carbons (Fsp3) is 0.400. The van der Waals surface area contributed by atoms with E-state index in [1.54, 1.807) is 11.0 Å². The van der Waals surface area contributed by atoms with Crippen LogP contribution in [-0.4, -0.2) is 51.6 Å². The van der Waals surface area contributed by atoms with Crippen LogP contribution in [0.25, 0.3) is 0 Å². The topological polar surface area (TPSA) is 93.9 Å². The van der Waals surface area contributed by atoms with Crippen LogP contribution in [0.4, 0.5) is 5.69 Å². The van der Waals surface area contributed by atoms with E-state index in [0.29, 0.717) is 18.8 Å². The van der Waals surface area contributed by atoms with Crippen molar-refractivity contribution in [2.75, 3.05) is 18.0 Å². The molecule has 6 nitrogen and oxygen atoms in total. The Bertz CT molecular complexity index is 400. The zero-order valence-electron chi connectivity index (χ0n) is 8.45. The number of aromatic carboxylic acids is 1. The van der Waals surface area contributed by atoms with E-state index >= 15 is 0 Å². The lowest BCUT2D eigenvalue weighted by molar-refractivity contribution is 0.0572. The van der Waals surface area contributed by atoms with Gasteiger partial charge in [-0.25, -0.2) is 9.78 Å². The van der Waals surface area contributed by atoms with Crippen molar-refractivity contribution in [3.05, 3.63) is 24.0 Å². The minimum Gasteiger partial charge on any atom is -0.477 e. The summed E-state index contributed by atoms with van der Waals surface area (Å²) < 4.78 is 0. The molecular formula is C10H12N2O4. The summed E-state index contributed by atoms with van der Waals surface area (Å²) in [5.41, 5.74) is 0.594. The Labute approximate surface area is 91.8 Å². The number of carboxylic acids is 1. The van der Waals surface area contributed by atoms with Crippen LogP contribution < -0.4 is 4.90 Å². The highest BCUT2D eigenvalue weighted by Gasteiger charge is 2.29. The lowest BCUT2D eigenvalue weighted by Gasteiger charge is -2.17. The van der Waals surface area contributed by atoms with Crippen molar-refractivity contribution in [1.29, 1.82) is 0 Å². The van der Waals surface area contributed by atoms with Crippen molar-refractivity contribution in [3.63, 3.8) is 0 Å². The van der Waals surface area contributed by atoms with E-state index in [4.69, 9.17) is 5.11 Å². The zero-order valence-corrected chi connectivity index (χ0v) is 8.45. The molecule has 0 amide bonds. The smallest absolute Gasteiger partial charge is 0.354 e. The molecule has 86 valence electrons. The molecule has 1 fully saturated rings. The van der Waals surface area contributed by atoms with Crippen LogP contribution in [0.2, 0.25) is 0 Å². The van der Waals surface area contributed by atoms with Crippen LogP contribution in [0, 0.1) is 0 Å². The molecule has 2 heterocycles. The molecule has 0 spiro atoms. The predicted octanol–water partition coefficient (Wildman–Crippen LogP) is -0.678. The second kappa shape index (κ2) is 4.07. The molecule has 1 saturated heterocycles. The Hall–Kier alpha value is -1.66. The molecule has 1 aliphatic heterocycles. The summed E-state index contributed by atoms with van der Waals surface area (Å²) in [5, 5.41) is 27.5. The molecule has 0 radical (unpaired) electrons. The van der Waals surface area contributed by atoms with Gasteiger partial charge < -0.3 is 20.2 Å². The Morgan fingerprint density at radius 3 is 2.56 bits per heavy atom. The molecule has 1 aromatic heterocycles. The van der Waals surface area contributed by atoms with E-state index in [1.807, 2.05) is 0 Å². The largest absolute Gasteiger partial charge is 0.477 e. The number of pyridine rings is 1. The van der Waals surface area contributed by atoms with Gasteiger partial charge in [-0.05, 0) is 12.1 Å². The normalized spacial score (nSPS) is 24.8. The minimum atomic E-state index is -1.10. The predicted molar refractivity (Wildman–Crippen MR) is 55.4 cm³/mol. The molecule has 2 rings (SSSR count). The Balaban J connectivity index is 2.21. The maximum absolute atomic E-state index is 10.7. The van der Waals surface area contributed by atoms with Crippen molar-refractivity contribution >= 4 is 11.7 Å². The first-order chi connectivity index (χ1) is 7.58. The molecule has 1 aliphatic rings. The average Bonchev–Trinajstić information content (AvgIpc) is 2.59. The number of rotatable bonds is 2. The number of aliphatic hydroxyl groups is 2. The van der Waals surface area contributed by atoms with Crippen LogP contribution in [0.1, 0.15) is 10.5 Å². The molecule has 3 N–H and O–H groups in total. The van der Waals surface area contributed by atoms with Gasteiger partial charge in [0.15, 0.2) is 0 Å². The number of aromatic nitrogens is 1. The van der Waals surface area contributed by atoms with Crippen LogP contribution in [0.15, 0.2) is 18.3 Å². The summed E-state index contributed by atoms with van der Waals surface area (Å²) in [6.07, 6.45) is -0.182. The third-order valence-corrected chi connectivity index (χ3v) is 2.59. The summed E-state index contributed by atoms with van der Waals surface area (Å²) in [7, 11) is 0. The van der Waals surface area contributed by atoms with Gasteiger partial charge >= 0.3 is 5.97 Å². The number of nitrogens with zero attached hydrogens (tertiary/aromatic N) is 2. The average molecular weight is 224 g/mol. The Kier molecular flexibility index (Phi) is 2.76. The summed E-state index contributed by atoms with van der Waals surface area (Å²) in [4.78, 5) is 16.1. The Morgan fingerprint density at radius 1 is 1.38 bits per heavy atom. The van der Waals surface area contributed by atoms with Crippen LogP contribution in [-0.2, 0) is 0 Å². The number of carboxylic acid groups (broad SMARTS) is 1. The number of aliphatic hydroxyl groups excluding tert-OH is 2. The number of carbonyl (C=O) groups is 1. The number of β-amino-alcohol motifs (C(OH)–C–C–N with tert-alkyl or cyclic N) is 2. The summed E-state index contributed by atoms with van der Waals surface area (Å²) >= 11 is 0. The SMILES string of the molecule is O=C(O)c1cc(N2CC(O)C(O)C2)ccn1. The first-order valence-corrected chi connectivity index (χ1v) is 4.88. The number of anilines is 1. The molecule has 2 unspecified atom stereocenters. The summed E-state index contributed by atoms with van der Waals surface area (Å²) in [5.74, 6) is -1.10. The second-order valence-electron chi connectivity index (χ2n) is 3.74. The third kappa shape index (κ3) is 1.98. The van der Waals surface area contributed by atoms with Crippen molar-refractivity contribution in [1.82, 2.24) is 4.98 Å². The second-order valence-corrected chi connectivity index (χ2v) is 3.74. The molecule has 2 atom stereocenters. The van der Waals surface area contributed by atoms with Gasteiger partial charge in [0.05, 0.1) is 12.2 Å². The van der Waals surface area contributed by atoms with Crippen LogP contribution in [0.5, 0.6) is 0 Å². The van der Waals surface area contributed by atoms with Crippen LogP contribution in [0.3, 0.4) is 0 Å². The molecule has 0 aliphatic carbocycles. The standard InChI is InChI=1S/C10H12N2O4/c13-8-4-12(5-9(8)14)6-1-2-11-7(3-6)10(15)16/h1-3,8-9,13-14H,4-5H2,(H,15,16). The summed E-state index contributed by atoms with van der Waals surface area (Å²) in [6.45, 7) is 0.592. The lowest BCUT2D eigenvalue weighted by Crippen LogP contribution is -2.22. The van der Waals surface area contributed by atoms with Gasteiger partial charge in [-0.3, -0.25) is 0 Å². The highest BCUT2D eigenvalue weighted by molar-refractivity contribution is 5.86.